The Bertz CT molecular complexity index is 709. The molecule has 1 aliphatic rings. The Balaban J connectivity index is 0.000000924. The van der Waals surface area contributed by atoms with Crippen LogP contribution in [0.4, 0.5) is 0 Å². The zero-order valence-corrected chi connectivity index (χ0v) is 15.7. The molecule has 0 radical (unpaired) electrons. The van der Waals surface area contributed by atoms with Gasteiger partial charge in [-0.15, -0.1) is 0 Å². The van der Waals surface area contributed by atoms with Gasteiger partial charge in [-0.2, -0.15) is 0 Å². The SMILES string of the molecule is CC.CCc1cc(C)nc2ccc(C3=C(C)C(C)CCC3)cc12. The van der Waals surface area contributed by atoms with E-state index in [2.05, 4.69) is 56.9 Å². The van der Waals surface area contributed by atoms with Crippen LogP contribution in [0.2, 0.25) is 0 Å². The highest BCUT2D eigenvalue weighted by atomic mass is 14.7. The zero-order valence-electron chi connectivity index (χ0n) is 15.7. The second kappa shape index (κ2) is 7.77. The molecule has 1 nitrogen and oxygen atoms in total. The molecule has 0 saturated heterocycles. The summed E-state index contributed by atoms with van der Waals surface area (Å²) in [6.07, 6.45) is 4.95. The number of fused-ring (bicyclic) bond motifs is 1. The largest absolute Gasteiger partial charge is 0.253 e. The molecule has 0 fully saturated rings. The van der Waals surface area contributed by atoms with Crippen molar-refractivity contribution in [2.45, 2.75) is 67.2 Å². The van der Waals surface area contributed by atoms with Gasteiger partial charge in [0.15, 0.2) is 0 Å². The van der Waals surface area contributed by atoms with Crippen molar-refractivity contribution in [1.29, 1.82) is 0 Å². The number of hydrogen-bond acceptors (Lipinski definition) is 1. The van der Waals surface area contributed by atoms with E-state index in [9.17, 15) is 0 Å². The van der Waals surface area contributed by atoms with Gasteiger partial charge < -0.3 is 0 Å². The van der Waals surface area contributed by atoms with Crippen LogP contribution in [0.25, 0.3) is 16.5 Å². The standard InChI is InChI=1S/C20H25N.C2H6/c1-5-16-11-14(3)21-20-10-9-17(12-19(16)20)18-8-6-7-13(2)15(18)4;1-2/h9-13H,5-8H2,1-4H3;1-2H3. The summed E-state index contributed by atoms with van der Waals surface area (Å²) in [6.45, 7) is 13.0. The molecule has 124 valence electrons. The first-order valence-corrected chi connectivity index (χ1v) is 9.20. The molecule has 1 aromatic heterocycles. The lowest BCUT2D eigenvalue weighted by Gasteiger charge is -2.24. The van der Waals surface area contributed by atoms with Crippen molar-refractivity contribution in [2.24, 2.45) is 5.92 Å². The predicted molar refractivity (Wildman–Crippen MR) is 103 cm³/mol. The highest BCUT2D eigenvalue weighted by Gasteiger charge is 2.17. The molecule has 2 aromatic rings. The van der Waals surface area contributed by atoms with Gasteiger partial charge in [-0.05, 0) is 80.3 Å². The van der Waals surface area contributed by atoms with Crippen molar-refractivity contribution in [1.82, 2.24) is 4.98 Å². The number of aryl methyl sites for hydroxylation is 2. The van der Waals surface area contributed by atoms with Crippen LogP contribution in [0.5, 0.6) is 0 Å². The molecule has 0 aliphatic heterocycles. The lowest BCUT2D eigenvalue weighted by molar-refractivity contribution is 0.561. The molecule has 0 saturated carbocycles. The van der Waals surface area contributed by atoms with Gasteiger partial charge in [0.2, 0.25) is 0 Å². The van der Waals surface area contributed by atoms with E-state index in [0.717, 1.165) is 23.5 Å². The lowest BCUT2D eigenvalue weighted by Crippen LogP contribution is -2.06. The van der Waals surface area contributed by atoms with Crippen LogP contribution in [0, 0.1) is 12.8 Å². The van der Waals surface area contributed by atoms with E-state index in [0.29, 0.717) is 0 Å². The minimum absolute atomic E-state index is 0.728. The summed E-state index contributed by atoms with van der Waals surface area (Å²) in [4.78, 5) is 4.69. The average Bonchev–Trinajstić information content (AvgIpc) is 2.58. The second-order valence-corrected chi connectivity index (χ2v) is 6.46. The third-order valence-electron chi connectivity index (χ3n) is 5.03. The third kappa shape index (κ3) is 3.65. The Morgan fingerprint density at radius 1 is 1.13 bits per heavy atom. The topological polar surface area (TPSA) is 12.9 Å². The molecular weight excluding hydrogens is 278 g/mol. The molecule has 1 aromatic carbocycles. The number of rotatable bonds is 2. The maximum Gasteiger partial charge on any atom is 0.0708 e. The molecule has 23 heavy (non-hydrogen) atoms. The van der Waals surface area contributed by atoms with Crippen molar-refractivity contribution in [2.75, 3.05) is 0 Å². The second-order valence-electron chi connectivity index (χ2n) is 6.46. The molecule has 0 bridgehead atoms. The summed E-state index contributed by atoms with van der Waals surface area (Å²) in [6, 6.07) is 9.08. The highest BCUT2D eigenvalue weighted by molar-refractivity contribution is 5.87. The third-order valence-corrected chi connectivity index (χ3v) is 5.03. The number of allylic oxidation sites excluding steroid dienone is 2. The van der Waals surface area contributed by atoms with Crippen LogP contribution in [-0.2, 0) is 6.42 Å². The molecule has 0 N–H and O–H groups in total. The van der Waals surface area contributed by atoms with Crippen LogP contribution in [0.1, 0.15) is 70.7 Å². The quantitative estimate of drug-likeness (QED) is 0.599. The van der Waals surface area contributed by atoms with Gasteiger partial charge in [-0.25, -0.2) is 0 Å². The van der Waals surface area contributed by atoms with E-state index < -0.39 is 0 Å². The Morgan fingerprint density at radius 3 is 2.57 bits per heavy atom. The maximum absolute atomic E-state index is 4.69. The Hall–Kier alpha value is -1.63. The van der Waals surface area contributed by atoms with Crippen molar-refractivity contribution in [3.63, 3.8) is 0 Å². The normalized spacial score (nSPS) is 17.9. The van der Waals surface area contributed by atoms with Gasteiger partial charge in [0, 0.05) is 11.1 Å². The van der Waals surface area contributed by atoms with Gasteiger partial charge in [0.1, 0.15) is 0 Å². The summed E-state index contributed by atoms with van der Waals surface area (Å²) < 4.78 is 0. The van der Waals surface area contributed by atoms with Crippen LogP contribution < -0.4 is 0 Å². The fourth-order valence-corrected chi connectivity index (χ4v) is 3.59. The van der Waals surface area contributed by atoms with Crippen LogP contribution in [0.3, 0.4) is 0 Å². The lowest BCUT2D eigenvalue weighted by atomic mass is 9.81. The van der Waals surface area contributed by atoms with Crippen LogP contribution >= 0.6 is 0 Å². The summed E-state index contributed by atoms with van der Waals surface area (Å²) in [5.74, 6) is 0.728. The molecule has 3 rings (SSSR count). The Morgan fingerprint density at radius 2 is 1.87 bits per heavy atom. The highest BCUT2D eigenvalue weighted by Crippen LogP contribution is 2.36. The molecular formula is C22H31N. The summed E-state index contributed by atoms with van der Waals surface area (Å²) in [7, 11) is 0. The number of benzene rings is 1. The average molecular weight is 309 g/mol. The summed E-state index contributed by atoms with van der Waals surface area (Å²) in [5.41, 5.74) is 8.23. The minimum atomic E-state index is 0.728. The Labute approximate surface area is 141 Å². The van der Waals surface area contributed by atoms with Crippen LogP contribution in [0.15, 0.2) is 29.8 Å². The van der Waals surface area contributed by atoms with Crippen molar-refractivity contribution in [3.8, 4) is 0 Å². The van der Waals surface area contributed by atoms with Crippen LogP contribution in [-0.4, -0.2) is 4.98 Å². The van der Waals surface area contributed by atoms with E-state index in [4.69, 9.17) is 0 Å². The molecule has 1 atom stereocenters. The van der Waals surface area contributed by atoms with Gasteiger partial charge in [-0.3, -0.25) is 4.98 Å². The molecule has 1 aliphatic carbocycles. The Kier molecular flexibility index (Phi) is 5.98. The molecule has 1 heteroatoms. The maximum atomic E-state index is 4.69. The number of aromatic nitrogens is 1. The van der Waals surface area contributed by atoms with E-state index in [1.165, 1.54) is 35.8 Å². The smallest absolute Gasteiger partial charge is 0.0708 e. The first kappa shape index (κ1) is 17.7. The van der Waals surface area contributed by atoms with Crippen molar-refractivity contribution < 1.29 is 0 Å². The van der Waals surface area contributed by atoms with E-state index in [1.54, 1.807) is 11.1 Å². The molecule has 1 unspecified atom stereocenters. The molecule has 0 amide bonds. The van der Waals surface area contributed by atoms with Gasteiger partial charge in [0.25, 0.3) is 0 Å². The van der Waals surface area contributed by atoms with Crippen molar-refractivity contribution in [3.05, 3.63) is 46.7 Å². The minimum Gasteiger partial charge on any atom is -0.253 e. The van der Waals surface area contributed by atoms with E-state index in [-0.39, 0.29) is 0 Å². The fourth-order valence-electron chi connectivity index (χ4n) is 3.59. The fraction of sp³-hybridized carbons (Fsp3) is 0.500. The first-order valence-electron chi connectivity index (χ1n) is 9.20. The monoisotopic (exact) mass is 309 g/mol. The van der Waals surface area contributed by atoms with E-state index in [1.807, 2.05) is 13.8 Å². The number of pyridine rings is 1. The van der Waals surface area contributed by atoms with Crippen molar-refractivity contribution >= 4 is 16.5 Å². The molecule has 1 heterocycles. The van der Waals surface area contributed by atoms with Gasteiger partial charge >= 0.3 is 0 Å². The van der Waals surface area contributed by atoms with Gasteiger partial charge in [0.05, 0.1) is 5.52 Å². The predicted octanol–water partition coefficient (Wildman–Crippen LogP) is 6.73. The first-order chi connectivity index (χ1) is 11.1. The molecule has 0 spiro atoms. The van der Waals surface area contributed by atoms with E-state index >= 15 is 0 Å². The zero-order chi connectivity index (χ0) is 17.0. The summed E-state index contributed by atoms with van der Waals surface area (Å²) >= 11 is 0. The van der Waals surface area contributed by atoms with Gasteiger partial charge in [-0.1, -0.05) is 39.3 Å². The number of nitrogens with zero attached hydrogens (tertiary/aromatic N) is 1. The summed E-state index contributed by atoms with van der Waals surface area (Å²) in [5, 5.41) is 1.33. The number of hydrogen-bond donors (Lipinski definition) is 0.